The van der Waals surface area contributed by atoms with Crippen molar-refractivity contribution in [3.8, 4) is 11.3 Å². The molecule has 0 aliphatic rings. The molecule has 0 atom stereocenters. The maximum Gasteiger partial charge on any atom is 0.407 e. The quantitative estimate of drug-likeness (QED) is 0.162. The highest BCUT2D eigenvalue weighted by Crippen LogP contribution is 2.35. The molecule has 8 nitrogen and oxygen atoms in total. The standard InChI is InChI=1S/C37H34N4O4/c1-37(2,3)45-36(43)39-23-25-13-11-24(12-14-25)21-34(42)41-27-17-15-26(16-18-27)40-28-19-20-38-32(22-28)31-9-6-8-30-29-7-4-5-10-33(29)44-35(30)31/h4-20,22H,21,23H2,1-3H3,(H,38,40)(H,39,43)(H,41,42). The summed E-state index contributed by atoms with van der Waals surface area (Å²) in [6.07, 6.45) is 1.55. The lowest BCUT2D eigenvalue weighted by atomic mass is 10.1. The number of carbonyl (C=O) groups excluding carboxylic acids is 2. The highest BCUT2D eigenvalue weighted by atomic mass is 16.6. The molecule has 0 unspecified atom stereocenters. The summed E-state index contributed by atoms with van der Waals surface area (Å²) in [7, 11) is 0. The number of furan rings is 1. The molecular formula is C37H34N4O4. The first kappa shape index (κ1) is 29.4. The predicted octanol–water partition coefficient (Wildman–Crippen LogP) is 8.60. The average molecular weight is 599 g/mol. The van der Waals surface area contributed by atoms with E-state index in [2.05, 4.69) is 33.1 Å². The number of anilines is 3. The number of aromatic nitrogens is 1. The number of alkyl carbamates (subject to hydrolysis) is 1. The predicted molar refractivity (Wildman–Crippen MR) is 179 cm³/mol. The zero-order valence-corrected chi connectivity index (χ0v) is 25.4. The molecule has 3 N–H and O–H groups in total. The first-order valence-electron chi connectivity index (χ1n) is 14.8. The molecule has 0 aliphatic heterocycles. The van der Waals surface area contributed by atoms with Crippen molar-refractivity contribution in [2.75, 3.05) is 10.6 Å². The molecule has 45 heavy (non-hydrogen) atoms. The Kier molecular flexibility index (Phi) is 8.20. The van der Waals surface area contributed by atoms with Gasteiger partial charge in [0.25, 0.3) is 0 Å². The fourth-order valence-electron chi connectivity index (χ4n) is 5.06. The van der Waals surface area contributed by atoms with Crippen LogP contribution < -0.4 is 16.0 Å². The second-order valence-electron chi connectivity index (χ2n) is 11.8. The van der Waals surface area contributed by atoms with Crippen molar-refractivity contribution in [3.05, 3.63) is 120 Å². The van der Waals surface area contributed by atoms with Crippen LogP contribution in [-0.4, -0.2) is 22.6 Å². The van der Waals surface area contributed by atoms with Gasteiger partial charge in [0, 0.05) is 46.1 Å². The van der Waals surface area contributed by atoms with E-state index in [9.17, 15) is 9.59 Å². The SMILES string of the molecule is CC(C)(C)OC(=O)NCc1ccc(CC(=O)Nc2ccc(Nc3ccnc(-c4cccc5c4oc4ccccc45)c3)cc2)cc1. The van der Waals surface area contributed by atoms with Crippen molar-refractivity contribution in [3.63, 3.8) is 0 Å². The van der Waals surface area contributed by atoms with Gasteiger partial charge in [0.15, 0.2) is 0 Å². The number of hydrogen-bond donors (Lipinski definition) is 3. The lowest BCUT2D eigenvalue weighted by Gasteiger charge is -2.19. The number of benzene rings is 4. The third kappa shape index (κ3) is 7.30. The summed E-state index contributed by atoms with van der Waals surface area (Å²) >= 11 is 0. The number of nitrogens with zero attached hydrogens (tertiary/aromatic N) is 1. The van der Waals surface area contributed by atoms with Crippen LogP contribution in [0, 0.1) is 0 Å². The van der Waals surface area contributed by atoms with Gasteiger partial charge in [-0.15, -0.1) is 0 Å². The Hall–Kier alpha value is -5.63. The molecule has 0 bridgehead atoms. The van der Waals surface area contributed by atoms with Crippen molar-refractivity contribution in [2.45, 2.75) is 39.3 Å². The Bertz CT molecular complexity index is 1970. The maximum atomic E-state index is 12.7. The number of nitrogens with one attached hydrogen (secondary N) is 3. The Morgan fingerprint density at radius 3 is 2.27 bits per heavy atom. The van der Waals surface area contributed by atoms with Crippen molar-refractivity contribution in [2.24, 2.45) is 0 Å². The molecule has 0 fully saturated rings. The maximum absolute atomic E-state index is 12.7. The number of ether oxygens (including phenoxy) is 1. The average Bonchev–Trinajstić information content (AvgIpc) is 3.40. The minimum absolute atomic E-state index is 0.117. The molecule has 6 aromatic rings. The summed E-state index contributed by atoms with van der Waals surface area (Å²) in [5, 5.41) is 11.3. The highest BCUT2D eigenvalue weighted by Gasteiger charge is 2.16. The molecule has 0 radical (unpaired) electrons. The summed E-state index contributed by atoms with van der Waals surface area (Å²) in [4.78, 5) is 29.2. The van der Waals surface area contributed by atoms with Gasteiger partial charge in [-0.2, -0.15) is 0 Å². The lowest BCUT2D eigenvalue weighted by Crippen LogP contribution is -2.32. The van der Waals surface area contributed by atoms with E-state index in [1.54, 1.807) is 6.20 Å². The van der Waals surface area contributed by atoms with E-state index in [0.717, 1.165) is 55.7 Å². The van der Waals surface area contributed by atoms with E-state index in [1.165, 1.54) is 0 Å². The second kappa shape index (κ2) is 12.5. The fraction of sp³-hybridized carbons (Fsp3) is 0.162. The summed E-state index contributed by atoms with van der Waals surface area (Å²) in [5.41, 5.74) is 7.11. The third-order valence-electron chi connectivity index (χ3n) is 7.12. The molecule has 0 aliphatic carbocycles. The Morgan fingerprint density at radius 2 is 1.49 bits per heavy atom. The van der Waals surface area contributed by atoms with E-state index in [0.29, 0.717) is 12.2 Å². The number of fused-ring (bicyclic) bond motifs is 3. The summed E-state index contributed by atoms with van der Waals surface area (Å²) in [6.45, 7) is 5.81. The van der Waals surface area contributed by atoms with Crippen LogP contribution in [0.4, 0.5) is 21.9 Å². The summed E-state index contributed by atoms with van der Waals surface area (Å²) < 4.78 is 11.5. The van der Waals surface area contributed by atoms with E-state index >= 15 is 0 Å². The molecule has 6 rings (SSSR count). The molecule has 0 saturated carbocycles. The summed E-state index contributed by atoms with van der Waals surface area (Å²) in [6, 6.07) is 33.2. The van der Waals surface area contributed by atoms with Gasteiger partial charge in [-0.3, -0.25) is 9.78 Å². The number of pyridine rings is 1. The van der Waals surface area contributed by atoms with Crippen LogP contribution in [0.2, 0.25) is 0 Å². The molecule has 0 saturated heterocycles. The number of carbonyl (C=O) groups is 2. The van der Waals surface area contributed by atoms with Crippen LogP contribution in [0.25, 0.3) is 33.2 Å². The van der Waals surface area contributed by atoms with Crippen LogP contribution in [0.5, 0.6) is 0 Å². The Morgan fingerprint density at radius 1 is 0.778 bits per heavy atom. The van der Waals surface area contributed by atoms with Gasteiger partial charge in [-0.05, 0) is 80.4 Å². The van der Waals surface area contributed by atoms with Crippen LogP contribution >= 0.6 is 0 Å². The Balaban J connectivity index is 1.05. The minimum Gasteiger partial charge on any atom is -0.455 e. The van der Waals surface area contributed by atoms with Gasteiger partial charge in [0.1, 0.15) is 16.8 Å². The van der Waals surface area contributed by atoms with Gasteiger partial charge in [-0.25, -0.2) is 4.79 Å². The van der Waals surface area contributed by atoms with E-state index in [1.807, 2.05) is 112 Å². The first-order valence-corrected chi connectivity index (χ1v) is 14.8. The number of amides is 2. The minimum atomic E-state index is -0.546. The number of para-hydroxylation sites is 2. The van der Waals surface area contributed by atoms with Crippen molar-refractivity contribution >= 4 is 51.0 Å². The Labute approximate surface area is 261 Å². The monoisotopic (exact) mass is 598 g/mol. The third-order valence-corrected chi connectivity index (χ3v) is 7.12. The largest absolute Gasteiger partial charge is 0.455 e. The van der Waals surface area contributed by atoms with Gasteiger partial charge >= 0.3 is 6.09 Å². The molecule has 0 spiro atoms. The van der Waals surface area contributed by atoms with Gasteiger partial charge in [-0.1, -0.05) is 54.6 Å². The van der Waals surface area contributed by atoms with E-state index in [4.69, 9.17) is 9.15 Å². The molecule has 2 aromatic heterocycles. The van der Waals surface area contributed by atoms with Gasteiger partial charge < -0.3 is 25.1 Å². The topological polar surface area (TPSA) is 105 Å². The molecule has 8 heteroatoms. The molecular weight excluding hydrogens is 564 g/mol. The van der Waals surface area contributed by atoms with Crippen LogP contribution in [0.1, 0.15) is 31.9 Å². The van der Waals surface area contributed by atoms with Gasteiger partial charge in [0.05, 0.1) is 12.1 Å². The normalized spacial score (nSPS) is 11.4. The van der Waals surface area contributed by atoms with Crippen LogP contribution in [-0.2, 0) is 22.5 Å². The van der Waals surface area contributed by atoms with Gasteiger partial charge in [0.2, 0.25) is 5.91 Å². The number of rotatable bonds is 8. The number of hydrogen-bond acceptors (Lipinski definition) is 6. The molecule has 226 valence electrons. The van der Waals surface area contributed by atoms with Crippen LogP contribution in [0.15, 0.2) is 114 Å². The molecule has 2 heterocycles. The van der Waals surface area contributed by atoms with Crippen molar-refractivity contribution < 1.29 is 18.7 Å². The first-order chi connectivity index (χ1) is 21.7. The van der Waals surface area contributed by atoms with Crippen molar-refractivity contribution in [1.82, 2.24) is 10.3 Å². The van der Waals surface area contributed by atoms with E-state index in [-0.39, 0.29) is 12.3 Å². The lowest BCUT2D eigenvalue weighted by molar-refractivity contribution is -0.115. The fourth-order valence-corrected chi connectivity index (χ4v) is 5.06. The summed E-state index contributed by atoms with van der Waals surface area (Å²) in [5.74, 6) is -0.117. The van der Waals surface area contributed by atoms with Crippen LogP contribution in [0.3, 0.4) is 0 Å². The van der Waals surface area contributed by atoms with E-state index < -0.39 is 11.7 Å². The molecule has 4 aromatic carbocycles. The second-order valence-corrected chi connectivity index (χ2v) is 11.8. The highest BCUT2D eigenvalue weighted by molar-refractivity contribution is 6.09. The molecule has 2 amide bonds. The zero-order valence-electron chi connectivity index (χ0n) is 25.4. The zero-order chi connectivity index (χ0) is 31.4. The van der Waals surface area contributed by atoms with Crippen molar-refractivity contribution in [1.29, 1.82) is 0 Å². The smallest absolute Gasteiger partial charge is 0.407 e.